The second-order valence-corrected chi connectivity index (χ2v) is 6.78. The van der Waals surface area contributed by atoms with Gasteiger partial charge in [-0.25, -0.2) is 9.97 Å². The molecule has 3 aromatic rings. The van der Waals surface area contributed by atoms with Crippen molar-refractivity contribution in [3.05, 3.63) is 50.4 Å². The van der Waals surface area contributed by atoms with Crippen molar-refractivity contribution in [2.45, 2.75) is 13.3 Å². The molecule has 0 N–H and O–H groups in total. The molecule has 0 fully saturated rings. The second-order valence-electron chi connectivity index (χ2n) is 4.75. The summed E-state index contributed by atoms with van der Waals surface area (Å²) < 4.78 is 3.09. The fraction of sp³-hybridized carbons (Fsp3) is 0.200. The molecule has 0 spiro atoms. The first-order chi connectivity index (χ1) is 10.1. The molecule has 2 aromatic heterocycles. The maximum absolute atomic E-state index is 6.41. The van der Waals surface area contributed by atoms with E-state index in [0.29, 0.717) is 17.3 Å². The molecule has 0 saturated heterocycles. The lowest BCUT2D eigenvalue weighted by atomic mass is 10.3. The topological polar surface area (TPSA) is 30.7 Å². The summed E-state index contributed by atoms with van der Waals surface area (Å²) in [6.45, 7) is 2.00. The maximum atomic E-state index is 6.41. The summed E-state index contributed by atoms with van der Waals surface area (Å²) in [7, 11) is 0. The number of fused-ring (bicyclic) bond motifs is 1. The number of hydrogen-bond acceptors (Lipinski definition) is 2. The highest BCUT2D eigenvalue weighted by Crippen LogP contribution is 2.28. The summed E-state index contributed by atoms with van der Waals surface area (Å²) in [6, 6.07) is 7.97. The molecule has 21 heavy (non-hydrogen) atoms. The predicted octanol–water partition coefficient (Wildman–Crippen LogP) is 4.77. The van der Waals surface area contributed by atoms with Gasteiger partial charge in [-0.15, -0.1) is 11.6 Å². The van der Waals surface area contributed by atoms with E-state index in [2.05, 4.69) is 32.6 Å². The van der Waals surface area contributed by atoms with E-state index in [-0.39, 0.29) is 0 Å². The lowest BCUT2D eigenvalue weighted by Crippen LogP contribution is -2.04. The van der Waals surface area contributed by atoms with Crippen molar-refractivity contribution in [3.8, 4) is 5.69 Å². The Hall–Kier alpha value is -0.850. The first kappa shape index (κ1) is 15.1. The van der Waals surface area contributed by atoms with E-state index < -0.39 is 0 Å². The maximum Gasteiger partial charge on any atom is 0.164 e. The van der Waals surface area contributed by atoms with Gasteiger partial charge in [0, 0.05) is 22.1 Å². The molecule has 0 aliphatic rings. The Morgan fingerprint density at radius 3 is 2.81 bits per heavy atom. The van der Waals surface area contributed by atoms with Crippen molar-refractivity contribution in [1.29, 1.82) is 0 Å². The SMILES string of the molecule is Cc1cnc2c(c1)nc(CCCl)n2-c1ccc(I)cc1Cl. The molecule has 3 nitrogen and oxygen atoms in total. The zero-order chi connectivity index (χ0) is 15.0. The van der Waals surface area contributed by atoms with Crippen LogP contribution in [0.4, 0.5) is 0 Å². The molecule has 6 heteroatoms. The van der Waals surface area contributed by atoms with Gasteiger partial charge in [0.05, 0.1) is 10.7 Å². The quantitative estimate of drug-likeness (QED) is 0.441. The standard InChI is InChI=1S/C15H12Cl2IN3/c1-9-6-12-15(19-8-9)21(14(20-12)4-5-16)13-3-2-10(18)7-11(13)17/h2-3,6-8H,4-5H2,1H3. The van der Waals surface area contributed by atoms with E-state index >= 15 is 0 Å². The summed E-state index contributed by atoms with van der Waals surface area (Å²) in [4.78, 5) is 9.18. The van der Waals surface area contributed by atoms with Gasteiger partial charge in [0.15, 0.2) is 5.65 Å². The minimum absolute atomic E-state index is 0.504. The van der Waals surface area contributed by atoms with Crippen molar-refractivity contribution in [2.75, 3.05) is 5.88 Å². The van der Waals surface area contributed by atoms with E-state index in [1.807, 2.05) is 42.0 Å². The van der Waals surface area contributed by atoms with Crippen molar-refractivity contribution in [1.82, 2.24) is 14.5 Å². The van der Waals surface area contributed by atoms with Crippen LogP contribution in [0.2, 0.25) is 5.02 Å². The average Bonchev–Trinajstić information content (AvgIpc) is 2.76. The number of pyridine rings is 1. The monoisotopic (exact) mass is 431 g/mol. The van der Waals surface area contributed by atoms with Gasteiger partial charge in [0.2, 0.25) is 0 Å². The Bertz CT molecular complexity index is 814. The van der Waals surface area contributed by atoms with Crippen LogP contribution in [-0.4, -0.2) is 20.4 Å². The molecule has 0 amide bonds. The van der Waals surface area contributed by atoms with Crippen LogP contribution in [0.5, 0.6) is 0 Å². The summed E-state index contributed by atoms with van der Waals surface area (Å²) in [5.74, 6) is 1.38. The highest BCUT2D eigenvalue weighted by atomic mass is 127. The van der Waals surface area contributed by atoms with E-state index in [1.54, 1.807) is 0 Å². The smallest absolute Gasteiger partial charge is 0.164 e. The minimum atomic E-state index is 0.504. The normalized spacial score (nSPS) is 11.2. The zero-order valence-corrected chi connectivity index (χ0v) is 14.9. The molecule has 0 radical (unpaired) electrons. The van der Waals surface area contributed by atoms with Crippen LogP contribution < -0.4 is 0 Å². The Kier molecular flexibility index (Phi) is 4.38. The summed E-state index contributed by atoms with van der Waals surface area (Å²) in [5, 5.41) is 0.680. The van der Waals surface area contributed by atoms with Gasteiger partial charge < -0.3 is 0 Å². The van der Waals surface area contributed by atoms with Crippen molar-refractivity contribution < 1.29 is 0 Å². The van der Waals surface area contributed by atoms with Gasteiger partial charge in [-0.05, 0) is 59.3 Å². The number of hydrogen-bond donors (Lipinski definition) is 0. The Morgan fingerprint density at radius 2 is 2.10 bits per heavy atom. The van der Waals surface area contributed by atoms with Gasteiger partial charge in [-0.2, -0.15) is 0 Å². The number of rotatable bonds is 3. The molecule has 3 rings (SSSR count). The van der Waals surface area contributed by atoms with Crippen molar-refractivity contribution in [3.63, 3.8) is 0 Å². The number of aryl methyl sites for hydroxylation is 2. The molecular weight excluding hydrogens is 420 g/mol. The Labute approximate surface area is 146 Å². The summed E-state index contributed by atoms with van der Waals surface area (Å²) >= 11 is 14.6. The first-order valence-electron chi connectivity index (χ1n) is 6.45. The van der Waals surface area contributed by atoms with Crippen LogP contribution >= 0.6 is 45.8 Å². The third-order valence-corrected chi connectivity index (χ3v) is 4.33. The molecule has 108 valence electrons. The molecule has 0 atom stereocenters. The molecular formula is C15H12Cl2IN3. The number of aromatic nitrogens is 3. The van der Waals surface area contributed by atoms with Gasteiger partial charge in [-0.3, -0.25) is 4.57 Å². The molecule has 0 saturated carbocycles. The summed E-state index contributed by atoms with van der Waals surface area (Å²) in [5.41, 5.74) is 3.64. The number of nitrogens with zero attached hydrogens (tertiary/aromatic N) is 3. The van der Waals surface area contributed by atoms with Crippen LogP contribution in [0, 0.1) is 10.5 Å². The molecule has 0 bridgehead atoms. The third kappa shape index (κ3) is 2.89. The van der Waals surface area contributed by atoms with Crippen LogP contribution in [0.25, 0.3) is 16.9 Å². The van der Waals surface area contributed by atoms with Crippen molar-refractivity contribution in [2.24, 2.45) is 0 Å². The second kappa shape index (κ2) is 6.10. The largest absolute Gasteiger partial charge is 0.279 e. The van der Waals surface area contributed by atoms with Crippen LogP contribution in [0.15, 0.2) is 30.5 Å². The van der Waals surface area contributed by atoms with Gasteiger partial charge in [0.25, 0.3) is 0 Å². The number of alkyl halides is 1. The lowest BCUT2D eigenvalue weighted by Gasteiger charge is -2.10. The van der Waals surface area contributed by atoms with Crippen molar-refractivity contribution >= 4 is 57.0 Å². The highest BCUT2D eigenvalue weighted by Gasteiger charge is 2.15. The third-order valence-electron chi connectivity index (χ3n) is 3.17. The van der Waals surface area contributed by atoms with Gasteiger partial charge >= 0.3 is 0 Å². The summed E-state index contributed by atoms with van der Waals surface area (Å²) in [6.07, 6.45) is 2.50. The van der Waals surface area contributed by atoms with E-state index in [4.69, 9.17) is 23.2 Å². The highest BCUT2D eigenvalue weighted by molar-refractivity contribution is 14.1. The molecule has 0 unspecified atom stereocenters. The van der Waals surface area contributed by atoms with Crippen LogP contribution in [0.3, 0.4) is 0 Å². The fourth-order valence-electron chi connectivity index (χ4n) is 2.28. The van der Waals surface area contributed by atoms with Crippen LogP contribution in [-0.2, 0) is 6.42 Å². The molecule has 0 aliphatic heterocycles. The Balaban J connectivity index is 2.30. The fourth-order valence-corrected chi connectivity index (χ4v) is 3.39. The predicted molar refractivity (Wildman–Crippen MR) is 95.8 cm³/mol. The van der Waals surface area contributed by atoms with Crippen LogP contribution in [0.1, 0.15) is 11.4 Å². The lowest BCUT2D eigenvalue weighted by molar-refractivity contribution is 0.905. The van der Waals surface area contributed by atoms with E-state index in [1.165, 1.54) is 0 Å². The van der Waals surface area contributed by atoms with Gasteiger partial charge in [-0.1, -0.05) is 11.6 Å². The molecule has 2 heterocycles. The molecule has 0 aliphatic carbocycles. The number of halogens is 3. The Morgan fingerprint density at radius 1 is 1.29 bits per heavy atom. The average molecular weight is 432 g/mol. The molecule has 1 aromatic carbocycles. The first-order valence-corrected chi connectivity index (χ1v) is 8.44. The number of imidazole rings is 1. The van der Waals surface area contributed by atoms with Gasteiger partial charge in [0.1, 0.15) is 11.3 Å². The number of benzene rings is 1. The minimum Gasteiger partial charge on any atom is -0.279 e. The zero-order valence-electron chi connectivity index (χ0n) is 11.3. The van der Waals surface area contributed by atoms with E-state index in [0.717, 1.165) is 31.8 Å². The van der Waals surface area contributed by atoms with E-state index in [9.17, 15) is 0 Å².